The molecular formula is C55H90O5. The number of hydrogen-bond donors (Lipinski definition) is 0. The van der Waals surface area contributed by atoms with Gasteiger partial charge in [-0.3, -0.25) is 9.59 Å². The van der Waals surface area contributed by atoms with Crippen LogP contribution in [0, 0.1) is 0 Å². The predicted molar refractivity (Wildman–Crippen MR) is 260 cm³/mol. The molecule has 0 aromatic rings. The Morgan fingerprint density at radius 1 is 0.383 bits per heavy atom. The van der Waals surface area contributed by atoms with E-state index in [4.69, 9.17) is 14.2 Å². The van der Waals surface area contributed by atoms with E-state index in [0.29, 0.717) is 19.4 Å². The average molecular weight is 831 g/mol. The molecule has 0 rings (SSSR count). The highest BCUT2D eigenvalue weighted by molar-refractivity contribution is 5.70. The molecule has 5 nitrogen and oxygen atoms in total. The van der Waals surface area contributed by atoms with E-state index in [1.54, 1.807) is 0 Å². The van der Waals surface area contributed by atoms with Crippen LogP contribution >= 0.6 is 0 Å². The monoisotopic (exact) mass is 831 g/mol. The van der Waals surface area contributed by atoms with Crippen LogP contribution in [0.4, 0.5) is 0 Å². The number of carbonyl (C=O) groups excluding carboxylic acids is 2. The summed E-state index contributed by atoms with van der Waals surface area (Å²) in [7, 11) is 0. The van der Waals surface area contributed by atoms with Crippen LogP contribution in [0.1, 0.15) is 201 Å². The summed E-state index contributed by atoms with van der Waals surface area (Å²) >= 11 is 0. The zero-order valence-electron chi connectivity index (χ0n) is 38.9. The molecule has 0 spiro atoms. The topological polar surface area (TPSA) is 61.8 Å². The lowest BCUT2D eigenvalue weighted by molar-refractivity contribution is -0.163. The van der Waals surface area contributed by atoms with Gasteiger partial charge in [0.2, 0.25) is 0 Å². The maximum absolute atomic E-state index is 12.7. The third kappa shape index (κ3) is 47.2. The van der Waals surface area contributed by atoms with E-state index >= 15 is 0 Å². The van der Waals surface area contributed by atoms with E-state index in [0.717, 1.165) is 109 Å². The smallest absolute Gasteiger partial charge is 0.306 e. The largest absolute Gasteiger partial charge is 0.462 e. The molecule has 60 heavy (non-hydrogen) atoms. The van der Waals surface area contributed by atoms with Crippen LogP contribution in [0.25, 0.3) is 0 Å². The molecule has 5 heteroatoms. The second kappa shape index (κ2) is 49.9. The molecule has 0 N–H and O–H groups in total. The normalized spacial score (nSPS) is 13.2. The summed E-state index contributed by atoms with van der Waals surface area (Å²) in [4.78, 5) is 25.3. The van der Waals surface area contributed by atoms with E-state index in [-0.39, 0.29) is 25.2 Å². The average Bonchev–Trinajstić information content (AvgIpc) is 3.25. The summed E-state index contributed by atoms with van der Waals surface area (Å²) in [6.45, 7) is 7.47. The van der Waals surface area contributed by atoms with Gasteiger partial charge >= 0.3 is 11.9 Å². The van der Waals surface area contributed by atoms with E-state index in [9.17, 15) is 9.59 Å². The number of carbonyl (C=O) groups is 2. The summed E-state index contributed by atoms with van der Waals surface area (Å²) in [5, 5.41) is 0. The zero-order chi connectivity index (χ0) is 43.5. The van der Waals surface area contributed by atoms with Gasteiger partial charge in [-0.2, -0.15) is 0 Å². The number of allylic oxidation sites excluding steroid dienone is 18. The Hall–Kier alpha value is -3.44. The molecule has 0 aromatic heterocycles. The van der Waals surface area contributed by atoms with Gasteiger partial charge in [0, 0.05) is 19.4 Å². The van der Waals surface area contributed by atoms with Crippen molar-refractivity contribution < 1.29 is 23.8 Å². The minimum absolute atomic E-state index is 0.0430. The van der Waals surface area contributed by atoms with E-state index in [1.807, 2.05) is 0 Å². The van der Waals surface area contributed by atoms with Crippen molar-refractivity contribution in [2.45, 2.75) is 207 Å². The van der Waals surface area contributed by atoms with Crippen molar-refractivity contribution in [3.63, 3.8) is 0 Å². The minimum Gasteiger partial charge on any atom is -0.462 e. The fourth-order valence-electron chi connectivity index (χ4n) is 6.24. The molecule has 340 valence electrons. The number of hydrogen-bond acceptors (Lipinski definition) is 5. The number of ether oxygens (including phenoxy) is 3. The molecular weight excluding hydrogens is 741 g/mol. The summed E-state index contributed by atoms with van der Waals surface area (Å²) in [6.07, 6.45) is 68.2. The summed E-state index contributed by atoms with van der Waals surface area (Å²) < 4.78 is 17.3. The SMILES string of the molecule is CC/C=C\C/C=C\C/C=C\C/C=C\C/C=C\CCCC(=O)OCC(COCCCCCCC/C=C\C/C=C\C/C=C\C/C=C\CC)OC(=O)CCCCCCCCCCC. The molecule has 0 aliphatic heterocycles. The maximum Gasteiger partial charge on any atom is 0.306 e. The van der Waals surface area contributed by atoms with Crippen molar-refractivity contribution in [2.75, 3.05) is 19.8 Å². The first kappa shape index (κ1) is 56.6. The molecule has 0 amide bonds. The first-order chi connectivity index (χ1) is 29.6. The van der Waals surface area contributed by atoms with E-state index in [2.05, 4.69) is 130 Å². The fourth-order valence-corrected chi connectivity index (χ4v) is 6.24. The van der Waals surface area contributed by atoms with Gasteiger partial charge in [-0.05, 0) is 96.3 Å². The Balaban J connectivity index is 4.35. The molecule has 1 unspecified atom stereocenters. The van der Waals surface area contributed by atoms with Gasteiger partial charge in [0.1, 0.15) is 6.61 Å². The minimum atomic E-state index is -0.572. The number of rotatable bonds is 43. The van der Waals surface area contributed by atoms with Crippen LogP contribution in [0.15, 0.2) is 109 Å². The van der Waals surface area contributed by atoms with Crippen molar-refractivity contribution in [3.05, 3.63) is 109 Å². The second-order valence-electron chi connectivity index (χ2n) is 15.6. The molecule has 0 heterocycles. The highest BCUT2D eigenvalue weighted by Gasteiger charge is 2.17. The Labute approximate surface area is 370 Å². The maximum atomic E-state index is 12.7. The van der Waals surface area contributed by atoms with Gasteiger partial charge in [0.25, 0.3) is 0 Å². The number of unbranched alkanes of at least 4 members (excludes halogenated alkanes) is 14. The summed E-state index contributed by atoms with van der Waals surface area (Å²) in [6, 6.07) is 0. The second-order valence-corrected chi connectivity index (χ2v) is 15.6. The molecule has 0 saturated heterocycles. The number of esters is 2. The van der Waals surface area contributed by atoms with Crippen molar-refractivity contribution in [2.24, 2.45) is 0 Å². The molecule has 0 saturated carbocycles. The van der Waals surface area contributed by atoms with Crippen LogP contribution in [0.3, 0.4) is 0 Å². The van der Waals surface area contributed by atoms with Gasteiger partial charge < -0.3 is 14.2 Å². The van der Waals surface area contributed by atoms with Gasteiger partial charge in [0.15, 0.2) is 6.10 Å². The highest BCUT2D eigenvalue weighted by Crippen LogP contribution is 2.12. The Morgan fingerprint density at radius 3 is 1.25 bits per heavy atom. The van der Waals surface area contributed by atoms with Gasteiger partial charge in [-0.1, -0.05) is 201 Å². The van der Waals surface area contributed by atoms with Crippen LogP contribution < -0.4 is 0 Å². The Bertz CT molecular complexity index is 1210. The van der Waals surface area contributed by atoms with Gasteiger partial charge in [-0.25, -0.2) is 0 Å². The van der Waals surface area contributed by atoms with Gasteiger partial charge in [0.05, 0.1) is 6.61 Å². The quantitative estimate of drug-likeness (QED) is 0.0348. The lowest BCUT2D eigenvalue weighted by atomic mass is 10.1. The van der Waals surface area contributed by atoms with E-state index in [1.165, 1.54) is 57.8 Å². The molecule has 0 aromatic carbocycles. The Kier molecular flexibility index (Phi) is 47.1. The van der Waals surface area contributed by atoms with Crippen LogP contribution in [0.5, 0.6) is 0 Å². The van der Waals surface area contributed by atoms with Crippen LogP contribution in [-0.4, -0.2) is 37.9 Å². The van der Waals surface area contributed by atoms with Crippen molar-refractivity contribution in [1.82, 2.24) is 0 Å². The molecule has 0 fully saturated rings. The first-order valence-corrected chi connectivity index (χ1v) is 24.4. The standard InChI is InChI=1S/C55H90O5/c1-4-7-10-13-16-19-21-23-25-27-29-31-33-35-38-41-44-47-50-58-51-53(60-55(57)49-46-43-40-36-18-15-12-9-6-3)52-59-54(56)48-45-42-39-37-34-32-30-28-26-24-22-20-17-14-11-8-5-2/h7-8,10-11,16-17,19-20,23-26,29-32,37,39,53H,4-6,9,12-15,18,21-22,27-28,33-36,38,40-52H2,1-3H3/b10-7-,11-8-,19-16-,20-17-,25-23-,26-24-,31-29-,32-30-,39-37-. The highest BCUT2D eigenvalue weighted by atomic mass is 16.6. The summed E-state index contributed by atoms with van der Waals surface area (Å²) in [5.74, 6) is -0.484. The molecule has 0 aliphatic carbocycles. The lowest BCUT2D eigenvalue weighted by Crippen LogP contribution is -2.30. The lowest BCUT2D eigenvalue weighted by Gasteiger charge is -2.18. The van der Waals surface area contributed by atoms with Crippen LogP contribution in [0.2, 0.25) is 0 Å². The van der Waals surface area contributed by atoms with Crippen molar-refractivity contribution in [1.29, 1.82) is 0 Å². The van der Waals surface area contributed by atoms with E-state index < -0.39 is 6.10 Å². The molecule has 0 aliphatic rings. The third-order valence-corrected chi connectivity index (χ3v) is 9.80. The Morgan fingerprint density at radius 2 is 0.767 bits per heavy atom. The van der Waals surface area contributed by atoms with Crippen LogP contribution in [-0.2, 0) is 23.8 Å². The molecule has 1 atom stereocenters. The predicted octanol–water partition coefficient (Wildman–Crippen LogP) is 16.4. The fraction of sp³-hybridized carbons (Fsp3) is 0.636. The van der Waals surface area contributed by atoms with Crippen molar-refractivity contribution in [3.8, 4) is 0 Å². The third-order valence-electron chi connectivity index (χ3n) is 9.80. The van der Waals surface area contributed by atoms with Crippen molar-refractivity contribution >= 4 is 11.9 Å². The summed E-state index contributed by atoms with van der Waals surface area (Å²) in [5.41, 5.74) is 0. The van der Waals surface area contributed by atoms with Gasteiger partial charge in [-0.15, -0.1) is 0 Å². The zero-order valence-corrected chi connectivity index (χ0v) is 38.9. The molecule has 0 radical (unpaired) electrons. The first-order valence-electron chi connectivity index (χ1n) is 24.4. The molecule has 0 bridgehead atoms.